The molecule has 2 N–H and O–H groups in total. The van der Waals surface area contributed by atoms with Gasteiger partial charge in [0.25, 0.3) is 5.91 Å². The second kappa shape index (κ2) is 7.23. The SMILES string of the molecule is C[C@@H](NC(=O)c1cn(C2CCNCC2)nn1)c1ccccc1Br. The van der Waals surface area contributed by atoms with Gasteiger partial charge in [-0.3, -0.25) is 4.79 Å². The van der Waals surface area contributed by atoms with Crippen LogP contribution in [0.15, 0.2) is 34.9 Å². The molecule has 6 nitrogen and oxygen atoms in total. The Morgan fingerprint density at radius 3 is 2.87 bits per heavy atom. The summed E-state index contributed by atoms with van der Waals surface area (Å²) < 4.78 is 2.80. The van der Waals surface area contributed by atoms with E-state index in [1.165, 1.54) is 0 Å². The molecule has 1 aliphatic rings. The molecule has 1 saturated heterocycles. The zero-order chi connectivity index (χ0) is 16.2. The number of carbonyl (C=O) groups is 1. The first kappa shape index (κ1) is 16.1. The number of hydrogen-bond acceptors (Lipinski definition) is 4. The predicted molar refractivity (Wildman–Crippen MR) is 91.2 cm³/mol. The largest absolute Gasteiger partial charge is 0.344 e. The van der Waals surface area contributed by atoms with Crippen molar-refractivity contribution in [2.75, 3.05) is 13.1 Å². The summed E-state index contributed by atoms with van der Waals surface area (Å²) >= 11 is 3.51. The molecule has 2 aromatic rings. The molecule has 7 heteroatoms. The van der Waals surface area contributed by atoms with Gasteiger partial charge in [0, 0.05) is 4.47 Å². The zero-order valence-corrected chi connectivity index (χ0v) is 14.6. The lowest BCUT2D eigenvalue weighted by molar-refractivity contribution is 0.0934. The van der Waals surface area contributed by atoms with Crippen LogP contribution in [0, 0.1) is 0 Å². The maximum absolute atomic E-state index is 12.4. The van der Waals surface area contributed by atoms with Gasteiger partial charge >= 0.3 is 0 Å². The lowest BCUT2D eigenvalue weighted by Crippen LogP contribution is -2.29. The molecule has 0 unspecified atom stereocenters. The molecule has 0 spiro atoms. The highest BCUT2D eigenvalue weighted by Crippen LogP contribution is 2.23. The summed E-state index contributed by atoms with van der Waals surface area (Å²) in [4.78, 5) is 12.4. The Morgan fingerprint density at radius 1 is 1.39 bits per heavy atom. The van der Waals surface area contributed by atoms with Crippen LogP contribution in [-0.4, -0.2) is 34.0 Å². The smallest absolute Gasteiger partial charge is 0.273 e. The highest BCUT2D eigenvalue weighted by Gasteiger charge is 2.20. The van der Waals surface area contributed by atoms with E-state index in [0.29, 0.717) is 11.7 Å². The number of hydrogen-bond donors (Lipinski definition) is 2. The number of aromatic nitrogens is 3. The Bertz CT molecular complexity index is 681. The van der Waals surface area contributed by atoms with Crippen molar-refractivity contribution in [2.24, 2.45) is 0 Å². The van der Waals surface area contributed by atoms with E-state index < -0.39 is 0 Å². The highest BCUT2D eigenvalue weighted by molar-refractivity contribution is 9.10. The quantitative estimate of drug-likeness (QED) is 0.858. The fraction of sp³-hybridized carbons (Fsp3) is 0.438. The number of nitrogens with zero attached hydrogens (tertiary/aromatic N) is 3. The van der Waals surface area contributed by atoms with Crippen LogP contribution in [-0.2, 0) is 0 Å². The van der Waals surface area contributed by atoms with Gasteiger partial charge in [0.05, 0.1) is 18.3 Å². The van der Waals surface area contributed by atoms with Crippen LogP contribution < -0.4 is 10.6 Å². The fourth-order valence-electron chi connectivity index (χ4n) is 2.81. The molecular weight excluding hydrogens is 358 g/mol. The van der Waals surface area contributed by atoms with E-state index in [1.54, 1.807) is 6.20 Å². The van der Waals surface area contributed by atoms with Gasteiger partial charge in [-0.2, -0.15) is 0 Å². The summed E-state index contributed by atoms with van der Waals surface area (Å²) in [6, 6.07) is 8.07. The van der Waals surface area contributed by atoms with Crippen molar-refractivity contribution in [3.8, 4) is 0 Å². The Kier molecular flexibility index (Phi) is 5.07. The predicted octanol–water partition coefficient (Wildman–Crippen LogP) is 2.46. The van der Waals surface area contributed by atoms with Crippen molar-refractivity contribution < 1.29 is 4.79 Å². The van der Waals surface area contributed by atoms with E-state index in [1.807, 2.05) is 35.9 Å². The molecule has 1 amide bonds. The molecule has 0 aliphatic carbocycles. The molecule has 23 heavy (non-hydrogen) atoms. The summed E-state index contributed by atoms with van der Waals surface area (Å²) in [6.07, 6.45) is 3.77. The lowest BCUT2D eigenvalue weighted by Gasteiger charge is -2.22. The van der Waals surface area contributed by atoms with Crippen molar-refractivity contribution in [1.29, 1.82) is 0 Å². The van der Waals surface area contributed by atoms with Gasteiger partial charge in [0.1, 0.15) is 0 Å². The topological polar surface area (TPSA) is 71.8 Å². The molecule has 1 aliphatic heterocycles. The third-order valence-electron chi connectivity index (χ3n) is 4.15. The molecule has 2 heterocycles. The van der Waals surface area contributed by atoms with Crippen LogP contribution in [0.4, 0.5) is 0 Å². The molecule has 1 aromatic carbocycles. The van der Waals surface area contributed by atoms with Gasteiger partial charge in [0.15, 0.2) is 5.69 Å². The molecule has 0 bridgehead atoms. The fourth-order valence-corrected chi connectivity index (χ4v) is 3.43. The minimum atomic E-state index is -0.201. The van der Waals surface area contributed by atoms with E-state index in [-0.39, 0.29) is 11.9 Å². The summed E-state index contributed by atoms with van der Waals surface area (Å²) in [7, 11) is 0. The molecule has 122 valence electrons. The highest BCUT2D eigenvalue weighted by atomic mass is 79.9. The summed E-state index contributed by atoms with van der Waals surface area (Å²) in [5, 5.41) is 14.4. The maximum Gasteiger partial charge on any atom is 0.273 e. The van der Waals surface area contributed by atoms with Gasteiger partial charge in [-0.15, -0.1) is 5.10 Å². The molecular formula is C16H20BrN5O. The van der Waals surface area contributed by atoms with Crippen molar-refractivity contribution in [3.63, 3.8) is 0 Å². The normalized spacial score (nSPS) is 17.0. The maximum atomic E-state index is 12.4. The van der Waals surface area contributed by atoms with Crippen LogP contribution in [0.5, 0.6) is 0 Å². The minimum absolute atomic E-state index is 0.109. The van der Waals surface area contributed by atoms with Crippen molar-refractivity contribution in [3.05, 3.63) is 46.2 Å². The number of halogens is 1. The number of carbonyl (C=O) groups excluding carboxylic acids is 1. The van der Waals surface area contributed by atoms with Crippen LogP contribution in [0.3, 0.4) is 0 Å². The average molecular weight is 378 g/mol. The zero-order valence-electron chi connectivity index (χ0n) is 13.0. The van der Waals surface area contributed by atoms with Gasteiger partial charge in [-0.25, -0.2) is 4.68 Å². The van der Waals surface area contributed by atoms with Crippen molar-refractivity contribution in [1.82, 2.24) is 25.6 Å². The first-order valence-electron chi connectivity index (χ1n) is 7.83. The second-order valence-electron chi connectivity index (χ2n) is 5.78. The number of benzene rings is 1. The number of rotatable bonds is 4. The van der Waals surface area contributed by atoms with E-state index in [4.69, 9.17) is 0 Å². The van der Waals surface area contributed by atoms with Gasteiger partial charge < -0.3 is 10.6 Å². The lowest BCUT2D eigenvalue weighted by atomic mass is 10.1. The summed E-state index contributed by atoms with van der Waals surface area (Å²) in [5.41, 5.74) is 1.40. The third-order valence-corrected chi connectivity index (χ3v) is 4.87. The average Bonchev–Trinajstić information content (AvgIpc) is 3.06. The van der Waals surface area contributed by atoms with Crippen molar-refractivity contribution >= 4 is 21.8 Å². The molecule has 0 radical (unpaired) electrons. The Hall–Kier alpha value is -1.73. The van der Waals surface area contributed by atoms with E-state index in [0.717, 1.165) is 36.0 Å². The molecule has 1 atom stereocenters. The monoisotopic (exact) mass is 377 g/mol. The molecule has 0 saturated carbocycles. The molecule has 1 fully saturated rings. The first-order valence-corrected chi connectivity index (χ1v) is 8.62. The number of piperidine rings is 1. The Balaban J connectivity index is 1.66. The first-order chi connectivity index (χ1) is 11.1. The van der Waals surface area contributed by atoms with Gasteiger partial charge in [0.2, 0.25) is 0 Å². The number of nitrogens with one attached hydrogen (secondary N) is 2. The summed E-state index contributed by atoms with van der Waals surface area (Å²) in [5.74, 6) is -0.201. The van der Waals surface area contributed by atoms with Gasteiger partial charge in [-0.05, 0) is 44.5 Å². The summed E-state index contributed by atoms with van der Waals surface area (Å²) in [6.45, 7) is 3.91. The third kappa shape index (κ3) is 3.79. The van der Waals surface area contributed by atoms with Crippen LogP contribution in [0.2, 0.25) is 0 Å². The van der Waals surface area contributed by atoms with Crippen LogP contribution in [0.25, 0.3) is 0 Å². The Labute approximate surface area is 143 Å². The number of amides is 1. The van der Waals surface area contributed by atoms with Crippen LogP contribution in [0.1, 0.15) is 47.9 Å². The van der Waals surface area contributed by atoms with Crippen LogP contribution >= 0.6 is 15.9 Å². The van der Waals surface area contributed by atoms with E-state index >= 15 is 0 Å². The second-order valence-corrected chi connectivity index (χ2v) is 6.64. The van der Waals surface area contributed by atoms with E-state index in [2.05, 4.69) is 36.9 Å². The Morgan fingerprint density at radius 2 is 2.13 bits per heavy atom. The molecule has 1 aromatic heterocycles. The van der Waals surface area contributed by atoms with E-state index in [9.17, 15) is 4.79 Å². The molecule has 3 rings (SSSR count). The van der Waals surface area contributed by atoms with Crippen molar-refractivity contribution in [2.45, 2.75) is 31.8 Å². The minimum Gasteiger partial charge on any atom is -0.344 e. The standard InChI is InChI=1S/C16H20BrN5O/c1-11(13-4-2-3-5-14(13)17)19-16(23)15-10-22(21-20-15)12-6-8-18-9-7-12/h2-5,10-12,18H,6-9H2,1H3,(H,19,23)/t11-/m1/s1. The van der Waals surface area contributed by atoms with Gasteiger partial charge in [-0.1, -0.05) is 39.3 Å².